The second-order valence-corrected chi connectivity index (χ2v) is 6.15. The summed E-state index contributed by atoms with van der Waals surface area (Å²) in [6.07, 6.45) is 4.26. The van der Waals surface area contributed by atoms with Crippen LogP contribution in [0.4, 0.5) is 5.69 Å². The minimum atomic E-state index is -0.208. The third kappa shape index (κ3) is 5.08. The number of ether oxygens (including phenoxy) is 1. The molecule has 5 heteroatoms. The minimum absolute atomic E-state index is 0.0203. The summed E-state index contributed by atoms with van der Waals surface area (Å²) in [6.45, 7) is 2.37. The average molecular weight is 357 g/mol. The Morgan fingerprint density at radius 2 is 1.96 bits per heavy atom. The highest BCUT2D eigenvalue weighted by Gasteiger charge is 2.20. The molecule has 0 bridgehead atoms. The van der Waals surface area contributed by atoms with Gasteiger partial charge in [0.25, 0.3) is 0 Å². The lowest BCUT2D eigenvalue weighted by Gasteiger charge is -2.32. The number of rotatable bonds is 5. The molecule has 2 aromatic rings. The Balaban J connectivity index is 1.61. The quantitative estimate of drug-likeness (QED) is 0.826. The third-order valence-electron chi connectivity index (χ3n) is 4.06. The molecule has 0 aromatic heterocycles. The molecule has 0 saturated carbocycles. The molecule has 4 nitrogen and oxygen atoms in total. The molecule has 0 radical (unpaired) electrons. The lowest BCUT2D eigenvalue weighted by atomic mass is 10.1. The zero-order valence-electron chi connectivity index (χ0n) is 13.9. The molecule has 2 aromatic carbocycles. The largest absolute Gasteiger partial charge is 0.372 e. The smallest absolute Gasteiger partial charge is 0.239 e. The fraction of sp³-hybridized carbons (Fsp3) is 0.250. The lowest BCUT2D eigenvalue weighted by molar-refractivity contribution is -0.113. The van der Waals surface area contributed by atoms with E-state index in [2.05, 4.69) is 34.6 Å². The van der Waals surface area contributed by atoms with Crippen molar-refractivity contribution >= 4 is 29.3 Å². The van der Waals surface area contributed by atoms with Crippen molar-refractivity contribution in [2.45, 2.75) is 6.10 Å². The van der Waals surface area contributed by atoms with Crippen molar-refractivity contribution in [2.75, 3.05) is 30.9 Å². The van der Waals surface area contributed by atoms with E-state index >= 15 is 0 Å². The summed E-state index contributed by atoms with van der Waals surface area (Å²) < 4.78 is 5.90. The molecule has 1 amide bonds. The van der Waals surface area contributed by atoms with E-state index in [1.54, 1.807) is 0 Å². The van der Waals surface area contributed by atoms with Crippen LogP contribution in [0, 0.1) is 0 Å². The molecule has 130 valence electrons. The summed E-state index contributed by atoms with van der Waals surface area (Å²) in [6, 6.07) is 18.0. The maximum Gasteiger partial charge on any atom is 0.239 e. The second-order valence-electron chi connectivity index (χ2n) is 5.88. The van der Waals surface area contributed by atoms with E-state index in [1.165, 1.54) is 5.56 Å². The van der Waals surface area contributed by atoms with Crippen molar-refractivity contribution < 1.29 is 9.53 Å². The summed E-state index contributed by atoms with van der Waals surface area (Å²) in [5, 5.41) is 2.74. The summed E-state index contributed by atoms with van der Waals surface area (Å²) in [5.74, 6) is -0.253. The Morgan fingerprint density at radius 1 is 1.20 bits per heavy atom. The number of amides is 1. The van der Waals surface area contributed by atoms with Gasteiger partial charge in [-0.05, 0) is 35.5 Å². The predicted octanol–water partition coefficient (Wildman–Crippen LogP) is 3.91. The van der Waals surface area contributed by atoms with Crippen LogP contribution in [0.25, 0.3) is 6.08 Å². The van der Waals surface area contributed by atoms with Crippen LogP contribution >= 0.6 is 11.6 Å². The summed E-state index contributed by atoms with van der Waals surface area (Å²) >= 11 is 5.50. The van der Waals surface area contributed by atoms with Gasteiger partial charge < -0.3 is 15.0 Å². The van der Waals surface area contributed by atoms with Crippen LogP contribution in [0.5, 0.6) is 0 Å². The molecule has 1 aliphatic heterocycles. The maximum absolute atomic E-state index is 11.3. The van der Waals surface area contributed by atoms with Gasteiger partial charge in [0.05, 0.1) is 12.7 Å². The lowest BCUT2D eigenvalue weighted by Crippen LogP contribution is -2.34. The molecule has 1 aliphatic rings. The Bertz CT molecular complexity index is 716. The number of nitrogens with one attached hydrogen (secondary N) is 1. The van der Waals surface area contributed by atoms with Gasteiger partial charge in [-0.2, -0.15) is 0 Å². The summed E-state index contributed by atoms with van der Waals surface area (Å²) in [4.78, 5) is 13.6. The monoisotopic (exact) mass is 356 g/mol. The van der Waals surface area contributed by atoms with Crippen LogP contribution in [0.3, 0.4) is 0 Å². The molecule has 3 rings (SSSR count). The maximum atomic E-state index is 11.3. The predicted molar refractivity (Wildman–Crippen MR) is 102 cm³/mol. The van der Waals surface area contributed by atoms with Crippen molar-refractivity contribution in [3.8, 4) is 0 Å². The Labute approximate surface area is 153 Å². The van der Waals surface area contributed by atoms with Crippen LogP contribution < -0.4 is 5.32 Å². The first-order valence-corrected chi connectivity index (χ1v) is 8.83. The molecule has 1 atom stereocenters. The van der Waals surface area contributed by atoms with Gasteiger partial charge in [0.15, 0.2) is 0 Å². The average Bonchev–Trinajstić information content (AvgIpc) is 2.68. The highest BCUT2D eigenvalue weighted by atomic mass is 35.5. The Hall–Kier alpha value is -2.30. The van der Waals surface area contributed by atoms with E-state index in [0.717, 1.165) is 24.3 Å². The first kappa shape index (κ1) is 17.5. The Kier molecular flexibility index (Phi) is 6.09. The number of hydrogen-bond donors (Lipinski definition) is 1. The molecule has 0 aliphatic carbocycles. The molecular weight excluding hydrogens is 336 g/mol. The van der Waals surface area contributed by atoms with Crippen molar-refractivity contribution in [1.29, 1.82) is 0 Å². The summed E-state index contributed by atoms with van der Waals surface area (Å²) in [7, 11) is 0. The minimum Gasteiger partial charge on any atom is -0.372 e. The van der Waals surface area contributed by atoms with Crippen molar-refractivity contribution in [1.82, 2.24) is 4.90 Å². The number of morpholine rings is 1. The number of alkyl halides is 1. The zero-order chi connectivity index (χ0) is 17.5. The van der Waals surface area contributed by atoms with Gasteiger partial charge in [0.2, 0.25) is 5.91 Å². The highest BCUT2D eigenvalue weighted by Crippen LogP contribution is 2.24. The van der Waals surface area contributed by atoms with E-state index in [4.69, 9.17) is 16.3 Å². The van der Waals surface area contributed by atoms with E-state index in [-0.39, 0.29) is 17.9 Å². The van der Waals surface area contributed by atoms with Gasteiger partial charge >= 0.3 is 0 Å². The number of anilines is 1. The highest BCUT2D eigenvalue weighted by molar-refractivity contribution is 6.29. The van der Waals surface area contributed by atoms with Crippen LogP contribution in [-0.2, 0) is 9.53 Å². The van der Waals surface area contributed by atoms with Crippen LogP contribution in [-0.4, -0.2) is 36.4 Å². The van der Waals surface area contributed by atoms with Gasteiger partial charge in [-0.15, -0.1) is 11.6 Å². The third-order valence-corrected chi connectivity index (χ3v) is 4.31. The van der Waals surface area contributed by atoms with Gasteiger partial charge in [-0.3, -0.25) is 4.79 Å². The second kappa shape index (κ2) is 8.70. The summed E-state index contributed by atoms with van der Waals surface area (Å²) in [5.41, 5.74) is 3.03. The van der Waals surface area contributed by atoms with Crippen LogP contribution in [0.15, 0.2) is 60.8 Å². The van der Waals surface area contributed by atoms with Crippen molar-refractivity contribution in [3.63, 3.8) is 0 Å². The number of benzene rings is 2. The topological polar surface area (TPSA) is 41.6 Å². The normalized spacial score (nSPS) is 17.6. The number of nitrogens with zero attached hydrogens (tertiary/aromatic N) is 1. The first-order valence-electron chi connectivity index (χ1n) is 8.29. The zero-order valence-corrected chi connectivity index (χ0v) is 14.7. The SMILES string of the molecule is O=C(CCl)Nc1ccc([C@H]2CN(C=Cc3ccccc3)CCO2)cc1. The van der Waals surface area contributed by atoms with E-state index in [1.807, 2.05) is 42.5 Å². The molecule has 1 heterocycles. The van der Waals surface area contributed by atoms with Crippen LogP contribution in [0.2, 0.25) is 0 Å². The standard InChI is InChI=1S/C20H21ClN2O2/c21-14-20(24)22-18-8-6-17(7-9-18)19-15-23(12-13-25-19)11-10-16-4-2-1-3-5-16/h1-11,19H,12-15H2,(H,22,24)/t19-/m1/s1. The molecule has 0 unspecified atom stereocenters. The first-order chi connectivity index (χ1) is 12.2. The molecule has 1 fully saturated rings. The molecular formula is C20H21ClN2O2. The molecule has 25 heavy (non-hydrogen) atoms. The Morgan fingerprint density at radius 3 is 2.68 bits per heavy atom. The number of hydrogen-bond acceptors (Lipinski definition) is 3. The number of carbonyl (C=O) groups is 1. The van der Waals surface area contributed by atoms with Gasteiger partial charge in [0.1, 0.15) is 5.88 Å². The van der Waals surface area contributed by atoms with Crippen molar-refractivity contribution in [2.24, 2.45) is 0 Å². The number of halogens is 1. The van der Waals surface area contributed by atoms with Crippen molar-refractivity contribution in [3.05, 3.63) is 71.9 Å². The molecule has 1 saturated heterocycles. The van der Waals surface area contributed by atoms with Gasteiger partial charge in [0, 0.05) is 18.8 Å². The fourth-order valence-corrected chi connectivity index (χ4v) is 2.80. The van der Waals surface area contributed by atoms with Gasteiger partial charge in [-0.1, -0.05) is 42.5 Å². The van der Waals surface area contributed by atoms with E-state index in [0.29, 0.717) is 6.61 Å². The number of carbonyl (C=O) groups excluding carboxylic acids is 1. The molecule has 0 spiro atoms. The molecule has 1 N–H and O–H groups in total. The van der Waals surface area contributed by atoms with Crippen LogP contribution in [0.1, 0.15) is 17.2 Å². The fourth-order valence-electron chi connectivity index (χ4n) is 2.74. The van der Waals surface area contributed by atoms with E-state index < -0.39 is 0 Å². The van der Waals surface area contributed by atoms with Gasteiger partial charge in [-0.25, -0.2) is 0 Å². The van der Waals surface area contributed by atoms with E-state index in [9.17, 15) is 4.79 Å².